The Morgan fingerprint density at radius 3 is 2.55 bits per heavy atom. The van der Waals surface area contributed by atoms with Gasteiger partial charge in [-0.2, -0.15) is 0 Å². The molecule has 0 aliphatic heterocycles. The first-order chi connectivity index (χ1) is 10.5. The summed E-state index contributed by atoms with van der Waals surface area (Å²) in [7, 11) is 0. The van der Waals surface area contributed by atoms with Gasteiger partial charge in [0.1, 0.15) is 0 Å². The molecule has 0 fully saturated rings. The Labute approximate surface area is 131 Å². The number of H-pyrrole nitrogens is 1. The molecular weight excluding hydrogens is 300 g/mol. The minimum absolute atomic E-state index is 0.131. The molecule has 1 heterocycles. The van der Waals surface area contributed by atoms with Crippen molar-refractivity contribution in [3.8, 4) is 0 Å². The van der Waals surface area contributed by atoms with Crippen LogP contribution in [0.25, 0.3) is 10.9 Å². The van der Waals surface area contributed by atoms with Crippen LogP contribution in [0.1, 0.15) is 15.9 Å². The van der Waals surface area contributed by atoms with Crippen molar-refractivity contribution < 1.29 is 4.79 Å². The number of nitrogens with one attached hydrogen (secondary N) is 2. The van der Waals surface area contributed by atoms with Crippen molar-refractivity contribution in [2.24, 2.45) is 0 Å². The van der Waals surface area contributed by atoms with Gasteiger partial charge in [-0.3, -0.25) is 9.59 Å². The van der Waals surface area contributed by atoms with Crippen LogP contribution in [0.2, 0.25) is 5.02 Å². The minimum atomic E-state index is -0.231. The Balaban J connectivity index is 1.90. The molecule has 0 unspecified atom stereocenters. The van der Waals surface area contributed by atoms with Crippen LogP contribution in [0.3, 0.4) is 0 Å². The number of aromatic amines is 1. The van der Waals surface area contributed by atoms with E-state index in [4.69, 9.17) is 11.6 Å². The highest BCUT2D eigenvalue weighted by molar-refractivity contribution is 6.30. The van der Waals surface area contributed by atoms with Gasteiger partial charge in [-0.05, 0) is 54.8 Å². The standard InChI is InChI=1S/C17H13ClN2O2/c1-10-8-12-4-7-14(9-15(12)20-16(10)21)19-17(22)11-2-5-13(18)6-3-11/h2-9H,1H3,(H,19,22)(H,20,21). The second-order valence-corrected chi connectivity index (χ2v) is 5.48. The number of fused-ring (bicyclic) bond motifs is 1. The Bertz CT molecular complexity index is 914. The predicted octanol–water partition coefficient (Wildman–Crippen LogP) is 3.74. The minimum Gasteiger partial charge on any atom is -0.322 e. The number of halogens is 1. The van der Waals surface area contributed by atoms with Gasteiger partial charge >= 0.3 is 0 Å². The molecule has 0 aliphatic carbocycles. The van der Waals surface area contributed by atoms with E-state index in [-0.39, 0.29) is 11.5 Å². The number of carbonyl (C=O) groups is 1. The molecule has 5 heteroatoms. The third-order valence-electron chi connectivity index (χ3n) is 3.40. The number of rotatable bonds is 2. The smallest absolute Gasteiger partial charge is 0.255 e. The number of pyridine rings is 1. The molecule has 3 rings (SSSR count). The number of hydrogen-bond donors (Lipinski definition) is 2. The largest absolute Gasteiger partial charge is 0.322 e. The first-order valence-electron chi connectivity index (χ1n) is 6.73. The molecule has 0 aliphatic rings. The predicted molar refractivity (Wildman–Crippen MR) is 88.7 cm³/mol. The van der Waals surface area contributed by atoms with Crippen molar-refractivity contribution in [3.05, 3.63) is 75.0 Å². The number of anilines is 1. The van der Waals surface area contributed by atoms with Crippen LogP contribution in [0, 0.1) is 6.92 Å². The summed E-state index contributed by atoms with van der Waals surface area (Å²) < 4.78 is 0. The van der Waals surface area contributed by atoms with E-state index in [2.05, 4.69) is 10.3 Å². The monoisotopic (exact) mass is 312 g/mol. The van der Waals surface area contributed by atoms with E-state index in [9.17, 15) is 9.59 Å². The van der Waals surface area contributed by atoms with Crippen LogP contribution in [0.15, 0.2) is 53.3 Å². The normalized spacial score (nSPS) is 10.6. The summed E-state index contributed by atoms with van der Waals surface area (Å²) in [5.41, 5.74) is 2.34. The SMILES string of the molecule is Cc1cc2ccc(NC(=O)c3ccc(Cl)cc3)cc2[nH]c1=O. The summed E-state index contributed by atoms with van der Waals surface area (Å²) in [5.74, 6) is -0.231. The lowest BCUT2D eigenvalue weighted by atomic mass is 10.1. The summed E-state index contributed by atoms with van der Waals surface area (Å²) in [4.78, 5) is 26.6. The summed E-state index contributed by atoms with van der Waals surface area (Å²) in [6, 6.07) is 13.9. The molecule has 2 N–H and O–H groups in total. The van der Waals surface area contributed by atoms with E-state index >= 15 is 0 Å². The first-order valence-corrected chi connectivity index (χ1v) is 7.11. The average Bonchev–Trinajstić information content (AvgIpc) is 2.49. The van der Waals surface area contributed by atoms with E-state index in [1.54, 1.807) is 43.3 Å². The van der Waals surface area contributed by atoms with E-state index < -0.39 is 0 Å². The summed E-state index contributed by atoms with van der Waals surface area (Å²) in [6.07, 6.45) is 0. The fourth-order valence-corrected chi connectivity index (χ4v) is 2.32. The Hall–Kier alpha value is -2.59. The van der Waals surface area contributed by atoms with Gasteiger partial charge in [0.15, 0.2) is 0 Å². The molecular formula is C17H13ClN2O2. The molecule has 3 aromatic rings. The number of aromatic nitrogens is 1. The van der Waals surface area contributed by atoms with E-state index in [0.717, 1.165) is 5.39 Å². The van der Waals surface area contributed by atoms with Crippen molar-refractivity contribution in [2.75, 3.05) is 5.32 Å². The van der Waals surface area contributed by atoms with Crippen molar-refractivity contribution in [1.82, 2.24) is 4.98 Å². The molecule has 0 atom stereocenters. The zero-order valence-corrected chi connectivity index (χ0v) is 12.6. The topological polar surface area (TPSA) is 62.0 Å². The molecule has 0 saturated carbocycles. The average molecular weight is 313 g/mol. The van der Waals surface area contributed by atoms with Crippen LogP contribution in [-0.4, -0.2) is 10.9 Å². The molecule has 4 nitrogen and oxygen atoms in total. The molecule has 0 saturated heterocycles. The second kappa shape index (κ2) is 5.66. The van der Waals surface area contributed by atoms with Gasteiger partial charge in [0.05, 0.1) is 5.52 Å². The van der Waals surface area contributed by atoms with Gasteiger partial charge < -0.3 is 10.3 Å². The number of amides is 1. The summed E-state index contributed by atoms with van der Waals surface area (Å²) >= 11 is 5.80. The van der Waals surface area contributed by atoms with Gasteiger partial charge in [-0.1, -0.05) is 17.7 Å². The maximum Gasteiger partial charge on any atom is 0.255 e. The quantitative estimate of drug-likeness (QED) is 0.757. The van der Waals surface area contributed by atoms with Crippen LogP contribution < -0.4 is 10.9 Å². The fraction of sp³-hybridized carbons (Fsp3) is 0.0588. The first kappa shape index (κ1) is 14.4. The summed E-state index contributed by atoms with van der Waals surface area (Å²) in [5, 5.41) is 4.30. The lowest BCUT2D eigenvalue weighted by Gasteiger charge is -2.07. The second-order valence-electron chi connectivity index (χ2n) is 5.04. The highest BCUT2D eigenvalue weighted by Crippen LogP contribution is 2.18. The third-order valence-corrected chi connectivity index (χ3v) is 3.65. The van der Waals surface area contributed by atoms with Crippen LogP contribution in [-0.2, 0) is 0 Å². The molecule has 0 spiro atoms. The van der Waals surface area contributed by atoms with Crippen molar-refractivity contribution >= 4 is 34.1 Å². The fourth-order valence-electron chi connectivity index (χ4n) is 2.19. The Kier molecular flexibility index (Phi) is 3.69. The van der Waals surface area contributed by atoms with E-state index in [1.165, 1.54) is 0 Å². The maximum absolute atomic E-state index is 12.2. The maximum atomic E-state index is 12.2. The molecule has 110 valence electrons. The van der Waals surface area contributed by atoms with E-state index in [0.29, 0.717) is 27.4 Å². The van der Waals surface area contributed by atoms with Crippen molar-refractivity contribution in [1.29, 1.82) is 0 Å². The van der Waals surface area contributed by atoms with Crippen molar-refractivity contribution in [2.45, 2.75) is 6.92 Å². The Morgan fingerprint density at radius 1 is 1.09 bits per heavy atom. The number of benzene rings is 2. The van der Waals surface area contributed by atoms with Crippen LogP contribution in [0.4, 0.5) is 5.69 Å². The lowest BCUT2D eigenvalue weighted by molar-refractivity contribution is 0.102. The number of hydrogen-bond acceptors (Lipinski definition) is 2. The van der Waals surface area contributed by atoms with Gasteiger partial charge in [0.25, 0.3) is 11.5 Å². The number of aryl methyl sites for hydroxylation is 1. The van der Waals surface area contributed by atoms with Gasteiger partial charge in [-0.25, -0.2) is 0 Å². The molecule has 0 bridgehead atoms. The van der Waals surface area contributed by atoms with Crippen LogP contribution in [0.5, 0.6) is 0 Å². The molecule has 22 heavy (non-hydrogen) atoms. The van der Waals surface area contributed by atoms with Gasteiger partial charge in [0, 0.05) is 21.8 Å². The molecule has 1 aromatic heterocycles. The van der Waals surface area contributed by atoms with E-state index in [1.807, 2.05) is 12.1 Å². The zero-order valence-electron chi connectivity index (χ0n) is 11.8. The molecule has 0 radical (unpaired) electrons. The van der Waals surface area contributed by atoms with Gasteiger partial charge in [-0.15, -0.1) is 0 Å². The van der Waals surface area contributed by atoms with Crippen LogP contribution >= 0.6 is 11.6 Å². The Morgan fingerprint density at radius 2 is 1.82 bits per heavy atom. The van der Waals surface area contributed by atoms with Gasteiger partial charge in [0.2, 0.25) is 0 Å². The molecule has 2 aromatic carbocycles. The highest BCUT2D eigenvalue weighted by Gasteiger charge is 2.07. The third kappa shape index (κ3) is 2.87. The molecule has 1 amide bonds. The highest BCUT2D eigenvalue weighted by atomic mass is 35.5. The lowest BCUT2D eigenvalue weighted by Crippen LogP contribution is -2.12. The van der Waals surface area contributed by atoms with Crippen molar-refractivity contribution in [3.63, 3.8) is 0 Å². The summed E-state index contributed by atoms with van der Waals surface area (Å²) in [6.45, 7) is 1.76. The zero-order chi connectivity index (χ0) is 15.7. The number of carbonyl (C=O) groups excluding carboxylic acids is 1.